The van der Waals surface area contributed by atoms with Crippen molar-refractivity contribution in [1.82, 2.24) is 10.2 Å². The van der Waals surface area contributed by atoms with Crippen LogP contribution in [0.1, 0.15) is 12.8 Å². The fourth-order valence-corrected chi connectivity index (χ4v) is 1.47. The molecular formula is C8H15N3O3. The number of piperidine rings is 1. The van der Waals surface area contributed by atoms with E-state index in [9.17, 15) is 9.59 Å². The summed E-state index contributed by atoms with van der Waals surface area (Å²) in [5.74, 6) is 0. The summed E-state index contributed by atoms with van der Waals surface area (Å²) in [5.41, 5.74) is 5.12. The molecule has 0 spiro atoms. The molecule has 0 aromatic heterocycles. The van der Waals surface area contributed by atoms with Crippen molar-refractivity contribution in [2.75, 3.05) is 20.2 Å². The van der Waals surface area contributed by atoms with Crippen LogP contribution in [0.15, 0.2) is 0 Å². The highest BCUT2D eigenvalue weighted by atomic mass is 16.5. The van der Waals surface area contributed by atoms with E-state index in [1.54, 1.807) is 4.90 Å². The second kappa shape index (κ2) is 4.69. The number of urea groups is 1. The lowest BCUT2D eigenvalue weighted by Gasteiger charge is -2.30. The van der Waals surface area contributed by atoms with Crippen LogP contribution in [0.3, 0.4) is 0 Å². The second-order valence-electron chi connectivity index (χ2n) is 3.24. The molecule has 0 aliphatic carbocycles. The van der Waals surface area contributed by atoms with E-state index in [0.717, 1.165) is 12.8 Å². The molecule has 1 aliphatic heterocycles. The Morgan fingerprint density at radius 2 is 2.00 bits per heavy atom. The van der Waals surface area contributed by atoms with Crippen LogP contribution in [0, 0.1) is 0 Å². The zero-order chi connectivity index (χ0) is 10.6. The number of nitrogens with zero attached hydrogens (tertiary/aromatic N) is 1. The van der Waals surface area contributed by atoms with E-state index in [-0.39, 0.29) is 6.04 Å². The molecule has 0 bridgehead atoms. The zero-order valence-electron chi connectivity index (χ0n) is 8.16. The number of methoxy groups -OCH3 is 1. The Hall–Kier alpha value is -1.46. The first-order chi connectivity index (χ1) is 6.63. The molecule has 0 aromatic carbocycles. The Morgan fingerprint density at radius 1 is 1.43 bits per heavy atom. The van der Waals surface area contributed by atoms with E-state index in [1.807, 2.05) is 0 Å². The number of hydrogen-bond acceptors (Lipinski definition) is 3. The van der Waals surface area contributed by atoms with Gasteiger partial charge in [0.2, 0.25) is 0 Å². The van der Waals surface area contributed by atoms with Crippen molar-refractivity contribution in [3.63, 3.8) is 0 Å². The minimum absolute atomic E-state index is 0.0815. The number of likely N-dealkylation sites (tertiary alicyclic amines) is 1. The largest absolute Gasteiger partial charge is 0.453 e. The molecule has 1 fully saturated rings. The summed E-state index contributed by atoms with van der Waals surface area (Å²) in [5, 5.41) is 2.69. The minimum atomic E-state index is -0.428. The first-order valence-corrected chi connectivity index (χ1v) is 4.52. The molecule has 0 radical (unpaired) electrons. The summed E-state index contributed by atoms with van der Waals surface area (Å²) in [6.45, 7) is 1.17. The number of rotatable bonds is 1. The highest BCUT2D eigenvalue weighted by molar-refractivity contribution is 5.72. The van der Waals surface area contributed by atoms with E-state index >= 15 is 0 Å². The van der Waals surface area contributed by atoms with Gasteiger partial charge >= 0.3 is 12.1 Å². The number of nitrogens with two attached hydrogens (primary N) is 1. The molecule has 0 aromatic rings. The Kier molecular flexibility index (Phi) is 3.55. The third kappa shape index (κ3) is 2.79. The number of hydrogen-bond donors (Lipinski definition) is 2. The van der Waals surface area contributed by atoms with Gasteiger partial charge in [-0.05, 0) is 12.8 Å². The molecule has 0 atom stereocenters. The van der Waals surface area contributed by atoms with Gasteiger partial charge in [-0.25, -0.2) is 9.59 Å². The molecule has 6 nitrogen and oxygen atoms in total. The van der Waals surface area contributed by atoms with Crippen molar-refractivity contribution in [3.05, 3.63) is 0 Å². The van der Waals surface area contributed by atoms with E-state index in [1.165, 1.54) is 7.11 Å². The smallest absolute Gasteiger partial charge is 0.407 e. The topological polar surface area (TPSA) is 84.7 Å². The predicted molar refractivity (Wildman–Crippen MR) is 49.7 cm³/mol. The van der Waals surface area contributed by atoms with E-state index in [4.69, 9.17) is 5.73 Å². The van der Waals surface area contributed by atoms with Crippen molar-refractivity contribution >= 4 is 12.1 Å². The molecular weight excluding hydrogens is 186 g/mol. The molecule has 0 saturated carbocycles. The van der Waals surface area contributed by atoms with Gasteiger partial charge in [0.1, 0.15) is 0 Å². The third-order valence-corrected chi connectivity index (χ3v) is 2.31. The van der Waals surface area contributed by atoms with Crippen LogP contribution in [0.2, 0.25) is 0 Å². The fourth-order valence-electron chi connectivity index (χ4n) is 1.47. The van der Waals surface area contributed by atoms with E-state index in [2.05, 4.69) is 10.1 Å². The van der Waals surface area contributed by atoms with Gasteiger partial charge < -0.3 is 20.7 Å². The van der Waals surface area contributed by atoms with Crippen LogP contribution in [-0.2, 0) is 4.74 Å². The monoisotopic (exact) mass is 201 g/mol. The molecule has 3 amide bonds. The molecule has 1 saturated heterocycles. The molecule has 0 unspecified atom stereocenters. The average Bonchev–Trinajstić information content (AvgIpc) is 2.18. The quantitative estimate of drug-likeness (QED) is 0.620. The van der Waals surface area contributed by atoms with Gasteiger partial charge in [-0.2, -0.15) is 0 Å². The Balaban J connectivity index is 2.29. The van der Waals surface area contributed by atoms with Gasteiger partial charge in [-0.15, -0.1) is 0 Å². The molecule has 1 rings (SSSR count). The normalized spacial score (nSPS) is 17.6. The molecule has 1 heterocycles. The predicted octanol–water partition coefficient (Wildman–Crippen LogP) is -0.115. The van der Waals surface area contributed by atoms with Crippen molar-refractivity contribution in [2.45, 2.75) is 18.9 Å². The number of ether oxygens (including phenoxy) is 1. The highest BCUT2D eigenvalue weighted by Crippen LogP contribution is 2.09. The van der Waals surface area contributed by atoms with Crippen LogP contribution in [0.5, 0.6) is 0 Å². The highest BCUT2D eigenvalue weighted by Gasteiger charge is 2.22. The maximum Gasteiger partial charge on any atom is 0.407 e. The lowest BCUT2D eigenvalue weighted by Crippen LogP contribution is -2.48. The maximum absolute atomic E-state index is 10.9. The number of alkyl carbamates (subject to hydrolysis) is 1. The Morgan fingerprint density at radius 3 is 2.43 bits per heavy atom. The van der Waals surface area contributed by atoms with Crippen LogP contribution in [0.4, 0.5) is 9.59 Å². The Bertz CT molecular complexity index is 224. The standard InChI is InChI=1S/C8H15N3O3/c1-14-8(13)10-6-2-4-11(5-3-6)7(9)12/h6H,2-5H2,1H3,(H2,9,12)(H,10,13). The summed E-state index contributed by atoms with van der Waals surface area (Å²) in [4.78, 5) is 23.2. The van der Waals surface area contributed by atoms with Crippen molar-refractivity contribution in [1.29, 1.82) is 0 Å². The lowest BCUT2D eigenvalue weighted by atomic mass is 10.1. The molecule has 1 aliphatic rings. The molecule has 14 heavy (non-hydrogen) atoms. The summed E-state index contributed by atoms with van der Waals surface area (Å²) < 4.78 is 4.47. The maximum atomic E-state index is 10.9. The molecule has 80 valence electrons. The van der Waals surface area contributed by atoms with Crippen LogP contribution in [0.25, 0.3) is 0 Å². The summed E-state index contributed by atoms with van der Waals surface area (Å²) in [6, 6.07) is -0.320. The van der Waals surface area contributed by atoms with Crippen LogP contribution in [-0.4, -0.2) is 43.3 Å². The average molecular weight is 201 g/mol. The summed E-state index contributed by atoms with van der Waals surface area (Å²) in [7, 11) is 1.33. The number of carbonyl (C=O) groups excluding carboxylic acids is 2. The zero-order valence-corrected chi connectivity index (χ0v) is 8.16. The summed E-state index contributed by atoms with van der Waals surface area (Å²) in [6.07, 6.45) is 1.01. The second-order valence-corrected chi connectivity index (χ2v) is 3.24. The molecule has 6 heteroatoms. The lowest BCUT2D eigenvalue weighted by molar-refractivity contribution is 0.155. The number of primary amides is 1. The Labute approximate surface area is 82.4 Å². The summed E-state index contributed by atoms with van der Waals surface area (Å²) >= 11 is 0. The molecule has 3 N–H and O–H groups in total. The van der Waals surface area contributed by atoms with Gasteiger partial charge in [-0.3, -0.25) is 0 Å². The van der Waals surface area contributed by atoms with Gasteiger partial charge in [0.05, 0.1) is 7.11 Å². The van der Waals surface area contributed by atoms with Crippen LogP contribution >= 0.6 is 0 Å². The fraction of sp³-hybridized carbons (Fsp3) is 0.750. The van der Waals surface area contributed by atoms with E-state index in [0.29, 0.717) is 13.1 Å². The van der Waals surface area contributed by atoms with Gasteiger partial charge in [0.15, 0.2) is 0 Å². The van der Waals surface area contributed by atoms with Gasteiger partial charge in [0, 0.05) is 19.1 Å². The number of nitrogens with one attached hydrogen (secondary N) is 1. The number of amides is 3. The van der Waals surface area contributed by atoms with Crippen LogP contribution < -0.4 is 11.1 Å². The first-order valence-electron chi connectivity index (χ1n) is 4.52. The minimum Gasteiger partial charge on any atom is -0.453 e. The van der Waals surface area contributed by atoms with Gasteiger partial charge in [-0.1, -0.05) is 0 Å². The van der Waals surface area contributed by atoms with Crippen molar-refractivity contribution < 1.29 is 14.3 Å². The van der Waals surface area contributed by atoms with Crippen molar-refractivity contribution in [2.24, 2.45) is 5.73 Å². The third-order valence-electron chi connectivity index (χ3n) is 2.31. The first kappa shape index (κ1) is 10.6. The SMILES string of the molecule is COC(=O)NC1CCN(C(N)=O)CC1. The number of carbonyl (C=O) groups is 2. The van der Waals surface area contributed by atoms with Crippen molar-refractivity contribution in [3.8, 4) is 0 Å². The van der Waals surface area contributed by atoms with Gasteiger partial charge in [0.25, 0.3) is 0 Å². The van der Waals surface area contributed by atoms with E-state index < -0.39 is 12.1 Å².